The summed E-state index contributed by atoms with van der Waals surface area (Å²) in [7, 11) is 0. The highest BCUT2D eigenvalue weighted by molar-refractivity contribution is 5.67. The Labute approximate surface area is 140 Å². The molecule has 4 atom stereocenters. The van der Waals surface area contributed by atoms with Gasteiger partial charge in [-0.1, -0.05) is 6.42 Å². The van der Waals surface area contributed by atoms with Gasteiger partial charge in [-0.2, -0.15) is 0 Å². The van der Waals surface area contributed by atoms with E-state index in [0.29, 0.717) is 24.5 Å². The molecule has 134 valence electrons. The van der Waals surface area contributed by atoms with E-state index in [1.807, 2.05) is 20.8 Å². The number of nitrogens with one attached hydrogen (secondary N) is 1. The molecule has 2 aliphatic rings. The monoisotopic (exact) mass is 327 g/mol. The molecule has 0 radical (unpaired) electrons. The average molecular weight is 327 g/mol. The van der Waals surface area contributed by atoms with E-state index in [1.54, 1.807) is 0 Å². The number of hydrogen-bond acceptors (Lipinski definition) is 4. The summed E-state index contributed by atoms with van der Waals surface area (Å²) in [4.78, 5) is 11.6. The number of hydrogen-bond donors (Lipinski definition) is 2. The van der Waals surface area contributed by atoms with Crippen LogP contribution in [0.3, 0.4) is 0 Å². The largest absolute Gasteiger partial charge is 0.444 e. The highest BCUT2D eigenvalue weighted by Gasteiger charge is 2.38. The van der Waals surface area contributed by atoms with Crippen LogP contribution in [0.1, 0.15) is 65.7 Å². The number of aliphatic hydroxyl groups is 1. The molecule has 0 aromatic rings. The topological polar surface area (TPSA) is 67.8 Å². The normalized spacial score (nSPS) is 31.3. The van der Waals surface area contributed by atoms with Crippen molar-refractivity contribution in [2.75, 3.05) is 13.2 Å². The fraction of sp³-hybridized carbons (Fsp3) is 0.944. The zero-order valence-corrected chi connectivity index (χ0v) is 14.8. The molecule has 1 heterocycles. The number of alkyl carbamates (subject to hydrolysis) is 1. The van der Waals surface area contributed by atoms with E-state index in [-0.39, 0.29) is 18.8 Å². The fourth-order valence-corrected chi connectivity index (χ4v) is 3.89. The Morgan fingerprint density at radius 1 is 1.26 bits per heavy atom. The van der Waals surface area contributed by atoms with Crippen molar-refractivity contribution in [2.24, 2.45) is 11.8 Å². The first-order valence-corrected chi connectivity index (χ1v) is 9.12. The van der Waals surface area contributed by atoms with Crippen LogP contribution >= 0.6 is 0 Å². The summed E-state index contributed by atoms with van der Waals surface area (Å²) in [6.07, 6.45) is 7.91. The minimum Gasteiger partial charge on any atom is -0.444 e. The van der Waals surface area contributed by atoms with Crippen LogP contribution in [-0.2, 0) is 9.47 Å². The van der Waals surface area contributed by atoms with E-state index >= 15 is 0 Å². The van der Waals surface area contributed by atoms with Gasteiger partial charge in [-0.05, 0) is 71.1 Å². The molecular weight excluding hydrogens is 294 g/mol. The second-order valence-electron chi connectivity index (χ2n) is 8.00. The maximum Gasteiger partial charge on any atom is 0.407 e. The molecule has 1 saturated heterocycles. The third-order valence-corrected chi connectivity index (χ3v) is 4.91. The van der Waals surface area contributed by atoms with E-state index in [9.17, 15) is 9.90 Å². The van der Waals surface area contributed by atoms with E-state index in [4.69, 9.17) is 9.47 Å². The molecule has 5 nitrogen and oxygen atoms in total. The summed E-state index contributed by atoms with van der Waals surface area (Å²) in [5.41, 5.74) is -0.448. The smallest absolute Gasteiger partial charge is 0.407 e. The Morgan fingerprint density at radius 2 is 2.04 bits per heavy atom. The summed E-state index contributed by atoms with van der Waals surface area (Å²) < 4.78 is 11.4. The Balaban J connectivity index is 1.71. The Kier molecular flexibility index (Phi) is 6.72. The first-order valence-electron chi connectivity index (χ1n) is 9.12. The molecule has 0 bridgehead atoms. The number of carbonyl (C=O) groups excluding carboxylic acids is 1. The van der Waals surface area contributed by atoms with E-state index in [2.05, 4.69) is 5.32 Å². The standard InChI is InChI=1S/C18H33NO4/c1-18(2,3)23-17(21)19-11-5-8-13-6-4-7-14-9-10-15(12-20)22-16(13)14/h13-16,20H,4-12H2,1-3H3,(H,19,21)/t13?,14?,15-,16?/m1/s1. The van der Waals surface area contributed by atoms with Crippen LogP contribution in [0.2, 0.25) is 0 Å². The average Bonchev–Trinajstić information content (AvgIpc) is 2.49. The molecule has 2 fully saturated rings. The lowest BCUT2D eigenvalue weighted by Gasteiger charge is -2.44. The Morgan fingerprint density at radius 3 is 2.74 bits per heavy atom. The third-order valence-electron chi connectivity index (χ3n) is 4.91. The zero-order chi connectivity index (χ0) is 16.9. The number of amides is 1. The Bertz CT molecular complexity index is 380. The molecule has 2 rings (SSSR count). The maximum atomic E-state index is 11.6. The molecule has 1 aliphatic heterocycles. The molecule has 3 unspecified atom stereocenters. The summed E-state index contributed by atoms with van der Waals surface area (Å²) in [5, 5.41) is 12.2. The minimum atomic E-state index is -0.448. The van der Waals surface area contributed by atoms with Gasteiger partial charge in [-0.25, -0.2) is 4.79 Å². The van der Waals surface area contributed by atoms with Crippen molar-refractivity contribution in [3.8, 4) is 0 Å². The number of ether oxygens (including phenoxy) is 2. The van der Waals surface area contributed by atoms with Crippen LogP contribution in [0.4, 0.5) is 4.79 Å². The van der Waals surface area contributed by atoms with Gasteiger partial charge < -0.3 is 19.9 Å². The lowest BCUT2D eigenvalue weighted by atomic mass is 9.73. The van der Waals surface area contributed by atoms with Crippen LogP contribution in [-0.4, -0.2) is 42.2 Å². The van der Waals surface area contributed by atoms with Gasteiger partial charge in [0.25, 0.3) is 0 Å². The summed E-state index contributed by atoms with van der Waals surface area (Å²) in [6.45, 7) is 6.38. The molecule has 2 N–H and O–H groups in total. The van der Waals surface area contributed by atoms with Crippen LogP contribution in [0.25, 0.3) is 0 Å². The van der Waals surface area contributed by atoms with Gasteiger partial charge in [0.2, 0.25) is 0 Å². The van der Waals surface area contributed by atoms with Gasteiger partial charge in [0.1, 0.15) is 5.60 Å². The van der Waals surface area contributed by atoms with Gasteiger partial charge in [0.05, 0.1) is 18.8 Å². The van der Waals surface area contributed by atoms with Crippen molar-refractivity contribution in [3.05, 3.63) is 0 Å². The van der Waals surface area contributed by atoms with Crippen molar-refractivity contribution in [1.29, 1.82) is 0 Å². The molecule has 5 heteroatoms. The van der Waals surface area contributed by atoms with Gasteiger partial charge >= 0.3 is 6.09 Å². The lowest BCUT2D eigenvalue weighted by molar-refractivity contribution is -0.139. The first kappa shape index (κ1) is 18.5. The summed E-state index contributed by atoms with van der Waals surface area (Å²) in [5.74, 6) is 1.22. The highest BCUT2D eigenvalue weighted by Crippen LogP contribution is 2.40. The van der Waals surface area contributed by atoms with Gasteiger partial charge in [0.15, 0.2) is 0 Å². The highest BCUT2D eigenvalue weighted by atomic mass is 16.6. The van der Waals surface area contributed by atoms with Crippen molar-refractivity contribution in [2.45, 2.75) is 83.5 Å². The van der Waals surface area contributed by atoms with Crippen LogP contribution in [0.5, 0.6) is 0 Å². The zero-order valence-electron chi connectivity index (χ0n) is 14.8. The quantitative estimate of drug-likeness (QED) is 0.761. The molecular formula is C18H33NO4. The fourth-order valence-electron chi connectivity index (χ4n) is 3.89. The molecule has 0 spiro atoms. The molecule has 0 aromatic heterocycles. The molecule has 0 aromatic carbocycles. The minimum absolute atomic E-state index is 0.0248. The van der Waals surface area contributed by atoms with Crippen molar-refractivity contribution in [1.82, 2.24) is 5.32 Å². The van der Waals surface area contributed by atoms with Crippen molar-refractivity contribution in [3.63, 3.8) is 0 Å². The predicted molar refractivity (Wildman–Crippen MR) is 89.3 cm³/mol. The number of carbonyl (C=O) groups is 1. The second-order valence-corrected chi connectivity index (χ2v) is 8.00. The van der Waals surface area contributed by atoms with Crippen molar-refractivity contribution < 1.29 is 19.4 Å². The van der Waals surface area contributed by atoms with Gasteiger partial charge in [-0.3, -0.25) is 0 Å². The summed E-state index contributed by atoms with van der Waals surface area (Å²) in [6, 6.07) is 0. The van der Waals surface area contributed by atoms with E-state index in [0.717, 1.165) is 19.3 Å². The van der Waals surface area contributed by atoms with Crippen LogP contribution in [0.15, 0.2) is 0 Å². The molecule has 23 heavy (non-hydrogen) atoms. The van der Waals surface area contributed by atoms with Crippen LogP contribution < -0.4 is 5.32 Å². The second kappa shape index (κ2) is 8.34. The molecule has 1 aliphatic carbocycles. The molecule has 1 amide bonds. The maximum absolute atomic E-state index is 11.6. The van der Waals surface area contributed by atoms with E-state index < -0.39 is 5.60 Å². The SMILES string of the molecule is CC(C)(C)OC(=O)NCCCC1CCCC2CC[C@H](CO)OC12. The van der Waals surface area contributed by atoms with Crippen LogP contribution in [0, 0.1) is 11.8 Å². The number of rotatable bonds is 5. The first-order chi connectivity index (χ1) is 10.9. The lowest BCUT2D eigenvalue weighted by Crippen LogP contribution is -2.44. The predicted octanol–water partition coefficient (Wildman–Crippen LogP) is 3.25. The Hall–Kier alpha value is -0.810. The van der Waals surface area contributed by atoms with Gasteiger partial charge in [0, 0.05) is 6.54 Å². The molecule has 1 saturated carbocycles. The van der Waals surface area contributed by atoms with E-state index in [1.165, 1.54) is 25.7 Å². The van der Waals surface area contributed by atoms with Gasteiger partial charge in [-0.15, -0.1) is 0 Å². The van der Waals surface area contributed by atoms with Crippen molar-refractivity contribution >= 4 is 6.09 Å². The number of aliphatic hydroxyl groups excluding tert-OH is 1. The number of fused-ring (bicyclic) bond motifs is 1. The third kappa shape index (κ3) is 5.96. The summed E-state index contributed by atoms with van der Waals surface area (Å²) >= 11 is 0.